The monoisotopic (exact) mass is 531 g/mol. The van der Waals surface area contributed by atoms with Crippen molar-refractivity contribution < 1.29 is 33.3 Å². The molecule has 0 aliphatic carbocycles. The zero-order valence-electron chi connectivity index (χ0n) is 23.6. The van der Waals surface area contributed by atoms with Crippen LogP contribution < -0.4 is 0 Å². The number of benzene rings is 1. The molecule has 2 saturated heterocycles. The highest BCUT2D eigenvalue weighted by Gasteiger charge is 2.50. The molecule has 8 nitrogen and oxygen atoms in total. The number of esters is 1. The van der Waals surface area contributed by atoms with Gasteiger partial charge in [0.05, 0.1) is 25.4 Å². The van der Waals surface area contributed by atoms with Gasteiger partial charge in [0.15, 0.2) is 6.29 Å². The highest BCUT2D eigenvalue weighted by atomic mass is 16.7. The third-order valence-corrected chi connectivity index (χ3v) is 6.77. The van der Waals surface area contributed by atoms with E-state index < -0.39 is 17.9 Å². The first kappa shape index (κ1) is 30.1. The van der Waals surface area contributed by atoms with Crippen LogP contribution in [0.25, 0.3) is 0 Å². The highest BCUT2D eigenvalue weighted by Crippen LogP contribution is 2.37. The summed E-state index contributed by atoms with van der Waals surface area (Å²) in [7, 11) is 0. The van der Waals surface area contributed by atoms with Crippen LogP contribution in [-0.4, -0.2) is 60.9 Å². The molecule has 1 amide bonds. The van der Waals surface area contributed by atoms with E-state index in [1.54, 1.807) is 11.8 Å². The van der Waals surface area contributed by atoms with Crippen LogP contribution in [0.4, 0.5) is 4.79 Å². The number of nitrogens with zero attached hydrogens (tertiary/aromatic N) is 1. The number of rotatable bonds is 12. The summed E-state index contributed by atoms with van der Waals surface area (Å²) in [6.07, 6.45) is 5.69. The van der Waals surface area contributed by atoms with Crippen molar-refractivity contribution in [3.05, 3.63) is 47.5 Å². The lowest BCUT2D eigenvalue weighted by molar-refractivity contribution is -0.162. The lowest BCUT2D eigenvalue weighted by atomic mass is 9.96. The Morgan fingerprint density at radius 3 is 2.58 bits per heavy atom. The second-order valence-electron chi connectivity index (χ2n) is 10.8. The molecule has 0 saturated carbocycles. The fourth-order valence-electron chi connectivity index (χ4n) is 5.02. The Labute approximate surface area is 227 Å². The van der Waals surface area contributed by atoms with Crippen molar-refractivity contribution in [1.82, 2.24) is 4.90 Å². The first-order valence-electron chi connectivity index (χ1n) is 14.0. The molecule has 212 valence electrons. The SMILES string of the molecule is CCOC(=O)C(=CC1OC(C)(C)N(C(=O)OCc2ccccc2)C1CC(C)C)CCCOC1CCCCO1. The predicted octanol–water partition coefficient (Wildman–Crippen LogP) is 5.99. The van der Waals surface area contributed by atoms with Crippen molar-refractivity contribution in [2.45, 2.75) is 104 Å². The van der Waals surface area contributed by atoms with E-state index in [-0.39, 0.29) is 31.5 Å². The summed E-state index contributed by atoms with van der Waals surface area (Å²) in [5.41, 5.74) is 0.547. The maximum atomic E-state index is 13.3. The van der Waals surface area contributed by atoms with Gasteiger partial charge in [-0.15, -0.1) is 0 Å². The fourth-order valence-corrected chi connectivity index (χ4v) is 5.02. The summed E-state index contributed by atoms with van der Waals surface area (Å²) in [5, 5.41) is 0. The van der Waals surface area contributed by atoms with E-state index in [1.807, 2.05) is 50.3 Å². The molecular formula is C30H45NO7. The van der Waals surface area contributed by atoms with Gasteiger partial charge in [-0.05, 0) is 76.9 Å². The molecule has 1 aromatic carbocycles. The summed E-state index contributed by atoms with van der Waals surface area (Å²) in [5.74, 6) is -0.0658. The number of carbonyl (C=O) groups is 2. The molecule has 1 aromatic rings. The van der Waals surface area contributed by atoms with Gasteiger partial charge in [0, 0.05) is 12.2 Å². The van der Waals surface area contributed by atoms with Crippen LogP contribution in [0.5, 0.6) is 0 Å². The van der Waals surface area contributed by atoms with Crippen LogP contribution in [-0.2, 0) is 35.1 Å². The van der Waals surface area contributed by atoms with E-state index in [2.05, 4.69) is 13.8 Å². The Hall–Kier alpha value is -2.42. The van der Waals surface area contributed by atoms with Gasteiger partial charge in [0.1, 0.15) is 12.3 Å². The van der Waals surface area contributed by atoms with Crippen molar-refractivity contribution in [3.63, 3.8) is 0 Å². The van der Waals surface area contributed by atoms with Gasteiger partial charge in [-0.25, -0.2) is 9.59 Å². The van der Waals surface area contributed by atoms with Crippen molar-refractivity contribution in [1.29, 1.82) is 0 Å². The number of hydrogen-bond acceptors (Lipinski definition) is 7. The number of amides is 1. The summed E-state index contributed by atoms with van der Waals surface area (Å²) >= 11 is 0. The van der Waals surface area contributed by atoms with E-state index >= 15 is 0 Å². The molecule has 2 aliphatic rings. The summed E-state index contributed by atoms with van der Waals surface area (Å²) < 4.78 is 29.0. The van der Waals surface area contributed by atoms with E-state index in [0.29, 0.717) is 37.4 Å². The maximum Gasteiger partial charge on any atom is 0.412 e. The van der Waals surface area contributed by atoms with Crippen molar-refractivity contribution in [2.24, 2.45) is 5.92 Å². The molecule has 3 atom stereocenters. The number of carbonyl (C=O) groups excluding carboxylic acids is 2. The zero-order chi connectivity index (χ0) is 27.5. The van der Waals surface area contributed by atoms with Crippen molar-refractivity contribution >= 4 is 12.1 Å². The largest absolute Gasteiger partial charge is 0.463 e. The standard InChI is InChI=1S/C30H45NO7/c1-6-34-28(32)24(15-12-18-36-27-16-10-11-17-35-27)20-26-25(19-22(2)3)31(30(4,5)38-26)29(33)37-21-23-13-8-7-9-14-23/h7-9,13-14,20,22,25-27H,6,10-12,15-19,21H2,1-5H3. The van der Waals surface area contributed by atoms with E-state index in [9.17, 15) is 9.59 Å². The minimum atomic E-state index is -0.907. The first-order valence-corrected chi connectivity index (χ1v) is 14.0. The molecule has 0 N–H and O–H groups in total. The van der Waals surface area contributed by atoms with Gasteiger partial charge < -0.3 is 23.7 Å². The van der Waals surface area contributed by atoms with Crippen LogP contribution in [0.15, 0.2) is 42.0 Å². The van der Waals surface area contributed by atoms with Crippen LogP contribution in [0, 0.1) is 5.92 Å². The molecule has 3 unspecified atom stereocenters. The molecule has 2 heterocycles. The number of hydrogen-bond donors (Lipinski definition) is 0. The minimum absolute atomic E-state index is 0.163. The summed E-state index contributed by atoms with van der Waals surface area (Å²) in [6, 6.07) is 9.31. The first-order chi connectivity index (χ1) is 18.2. The summed E-state index contributed by atoms with van der Waals surface area (Å²) in [4.78, 5) is 27.9. The Morgan fingerprint density at radius 1 is 1.16 bits per heavy atom. The Morgan fingerprint density at radius 2 is 1.92 bits per heavy atom. The second-order valence-corrected chi connectivity index (χ2v) is 10.8. The molecule has 0 spiro atoms. The Bertz CT molecular complexity index is 908. The fraction of sp³-hybridized carbons (Fsp3) is 0.667. The van der Waals surface area contributed by atoms with Crippen LogP contribution in [0.1, 0.15) is 78.7 Å². The quantitative estimate of drug-likeness (QED) is 0.186. The lowest BCUT2D eigenvalue weighted by Crippen LogP contribution is -2.48. The van der Waals surface area contributed by atoms with Gasteiger partial charge >= 0.3 is 12.1 Å². The molecule has 2 fully saturated rings. The van der Waals surface area contributed by atoms with Crippen LogP contribution >= 0.6 is 0 Å². The van der Waals surface area contributed by atoms with Gasteiger partial charge in [-0.3, -0.25) is 4.90 Å². The molecule has 3 rings (SSSR count). The average Bonchev–Trinajstić information content (AvgIpc) is 3.13. The predicted molar refractivity (Wildman–Crippen MR) is 144 cm³/mol. The lowest BCUT2D eigenvalue weighted by Gasteiger charge is -2.33. The van der Waals surface area contributed by atoms with Crippen molar-refractivity contribution in [2.75, 3.05) is 19.8 Å². The molecule has 8 heteroatoms. The smallest absolute Gasteiger partial charge is 0.412 e. The molecule has 0 bridgehead atoms. The van der Waals surface area contributed by atoms with Gasteiger partial charge in [-0.1, -0.05) is 44.2 Å². The molecule has 0 aromatic heterocycles. The number of ether oxygens (including phenoxy) is 5. The Kier molecular flexibility index (Phi) is 11.6. The molecule has 0 radical (unpaired) electrons. The van der Waals surface area contributed by atoms with E-state index in [4.69, 9.17) is 23.7 Å². The zero-order valence-corrected chi connectivity index (χ0v) is 23.6. The third-order valence-electron chi connectivity index (χ3n) is 6.77. The third kappa shape index (κ3) is 8.82. The second kappa shape index (κ2) is 14.7. The van der Waals surface area contributed by atoms with Crippen LogP contribution in [0.2, 0.25) is 0 Å². The Balaban J connectivity index is 1.73. The van der Waals surface area contributed by atoms with Crippen LogP contribution in [0.3, 0.4) is 0 Å². The minimum Gasteiger partial charge on any atom is -0.463 e. The molecular weight excluding hydrogens is 486 g/mol. The summed E-state index contributed by atoms with van der Waals surface area (Å²) in [6.45, 7) is 11.4. The average molecular weight is 532 g/mol. The van der Waals surface area contributed by atoms with E-state index in [0.717, 1.165) is 31.4 Å². The van der Waals surface area contributed by atoms with Gasteiger partial charge in [0.25, 0.3) is 0 Å². The topological polar surface area (TPSA) is 83.5 Å². The maximum absolute atomic E-state index is 13.3. The van der Waals surface area contributed by atoms with Gasteiger partial charge in [-0.2, -0.15) is 0 Å². The van der Waals surface area contributed by atoms with E-state index in [1.165, 1.54) is 0 Å². The molecule has 2 aliphatic heterocycles. The van der Waals surface area contributed by atoms with Gasteiger partial charge in [0.2, 0.25) is 0 Å². The highest BCUT2D eigenvalue weighted by molar-refractivity contribution is 5.88. The van der Waals surface area contributed by atoms with Crippen molar-refractivity contribution in [3.8, 4) is 0 Å². The molecule has 38 heavy (non-hydrogen) atoms. The normalized spacial score (nSPS) is 23.5.